The first-order chi connectivity index (χ1) is 26.9. The van der Waals surface area contributed by atoms with Gasteiger partial charge in [-0.05, 0) is 18.6 Å². The fraction of sp³-hybridized carbons (Fsp3) is 0.400. The maximum absolute atomic E-state index is 13.6. The quantitative estimate of drug-likeness (QED) is 0.0281. The molecule has 0 unspecified atom stereocenters. The number of carbonyl (C=O) groups excluding carboxylic acids is 6. The number of hydrazine groups is 1. The molecule has 3 aliphatic heterocycles. The number of carbonyl (C=O) groups is 8. The largest absolute Gasteiger partial charge is 0.504 e. The number of nitrogens with two attached hydrogens (primary N) is 1. The minimum atomic E-state index is -2.10. The van der Waals surface area contributed by atoms with Crippen LogP contribution in [0.3, 0.4) is 0 Å². The molecule has 10 N–H and O–H groups in total. The molecule has 0 bridgehead atoms. The first-order valence-corrected chi connectivity index (χ1v) is 19.0. The van der Waals surface area contributed by atoms with Gasteiger partial charge in [0.25, 0.3) is 11.8 Å². The van der Waals surface area contributed by atoms with E-state index in [1.54, 1.807) is 0 Å². The smallest absolute Gasteiger partial charge is 0.350 e. The van der Waals surface area contributed by atoms with Gasteiger partial charge in [-0.25, -0.2) is 24.4 Å². The van der Waals surface area contributed by atoms with Gasteiger partial charge in [0.2, 0.25) is 16.4 Å². The number of thioether (sulfide) groups is 1. The number of nitrogens with one attached hydrogen (secondary N) is 4. The molecule has 57 heavy (non-hydrogen) atoms. The van der Waals surface area contributed by atoms with E-state index in [0.717, 1.165) is 33.3 Å². The van der Waals surface area contributed by atoms with Crippen LogP contribution in [0.15, 0.2) is 17.3 Å². The predicted octanol–water partition coefficient (Wildman–Crippen LogP) is -1.33. The number of nitrogen functional groups attached to an aromatic ring is 1. The Balaban J connectivity index is 1.06. The first kappa shape index (κ1) is 40.9. The number of oxime groups is 1. The van der Waals surface area contributed by atoms with Crippen LogP contribution in [0.25, 0.3) is 0 Å². The number of urea groups is 1. The number of benzene rings is 1. The van der Waals surface area contributed by atoms with Gasteiger partial charge < -0.3 is 51.8 Å². The summed E-state index contributed by atoms with van der Waals surface area (Å²) in [4.78, 5) is 111. The molecule has 0 radical (unpaired) electrons. The fourth-order valence-corrected chi connectivity index (χ4v) is 8.86. The summed E-state index contributed by atoms with van der Waals surface area (Å²) in [6, 6.07) is -0.173. The summed E-state index contributed by atoms with van der Waals surface area (Å²) in [6.45, 7) is -1.52. The highest BCUT2D eigenvalue weighted by atomic mass is 35.5. The normalized spacial score (nSPS) is 22.2. The number of rotatable bonds is 13. The van der Waals surface area contributed by atoms with E-state index in [1.807, 2.05) is 0 Å². The van der Waals surface area contributed by atoms with Crippen molar-refractivity contribution in [2.24, 2.45) is 5.16 Å². The lowest BCUT2D eigenvalue weighted by molar-refractivity contribution is -0.178. The van der Waals surface area contributed by atoms with Gasteiger partial charge in [0.15, 0.2) is 22.3 Å². The van der Waals surface area contributed by atoms with E-state index < -0.39 is 98.2 Å². The highest BCUT2D eigenvalue weighted by molar-refractivity contribution is 8.02. The Morgan fingerprint density at radius 2 is 1.70 bits per heavy atom. The highest BCUT2D eigenvalue weighted by Gasteiger charge is 2.66. The summed E-state index contributed by atoms with van der Waals surface area (Å²) in [5.41, 5.74) is 5.13. The van der Waals surface area contributed by atoms with Crippen molar-refractivity contribution in [3.63, 3.8) is 0 Å². The summed E-state index contributed by atoms with van der Waals surface area (Å²) < 4.78 is -0.0878. The topological polar surface area (TPSA) is 336 Å². The number of carboxylic acid groups (broad SMARTS) is 2. The Bertz CT molecular complexity index is 2140. The number of aromatic nitrogens is 1. The van der Waals surface area contributed by atoms with E-state index in [2.05, 4.69) is 31.5 Å². The van der Waals surface area contributed by atoms with E-state index in [9.17, 15) is 58.8 Å². The van der Waals surface area contributed by atoms with Crippen molar-refractivity contribution >= 4 is 105 Å². The Morgan fingerprint density at radius 1 is 1.00 bits per heavy atom. The molecule has 4 heterocycles. The molecule has 304 valence electrons. The van der Waals surface area contributed by atoms with E-state index >= 15 is 0 Å². The number of amides is 7. The number of fused-ring (bicyclic) bond motifs is 1. The molecule has 1 saturated carbocycles. The Hall–Kier alpha value is -5.79. The number of aliphatic carboxylic acids is 2. The zero-order valence-electron chi connectivity index (χ0n) is 28.8. The molecule has 6 rings (SSSR count). The third-order valence-electron chi connectivity index (χ3n) is 9.29. The van der Waals surface area contributed by atoms with Crippen LogP contribution < -0.4 is 27.1 Å². The van der Waals surface area contributed by atoms with Crippen LogP contribution in [0.4, 0.5) is 9.93 Å². The second-order valence-electron chi connectivity index (χ2n) is 12.7. The van der Waals surface area contributed by atoms with Crippen LogP contribution in [0.2, 0.25) is 9.36 Å². The van der Waals surface area contributed by atoms with Crippen molar-refractivity contribution in [3.8, 4) is 11.5 Å². The molecule has 27 heteroatoms. The zero-order valence-corrected chi connectivity index (χ0v) is 32.0. The molecule has 3 saturated heterocycles. The molecule has 1 aliphatic carbocycles. The number of halogens is 2. The summed E-state index contributed by atoms with van der Waals surface area (Å²) in [5.74, 6) is -9.14. The monoisotopic (exact) mass is 872 g/mol. The average Bonchev–Trinajstić information content (AvgIpc) is 3.81. The summed E-state index contributed by atoms with van der Waals surface area (Å²) in [7, 11) is 0. The lowest BCUT2D eigenvalue weighted by atomic mass is 9.80. The highest BCUT2D eigenvalue weighted by Crippen LogP contribution is 2.49. The molecule has 3 atom stereocenters. The number of β-lactam (4-membered cyclic amide) rings is 1. The standard InChI is InChI=1S/C30H30Cl2N10O13S2/c31-13-11(2-3-12(43)17(13)44)19(45)34-6-7-35-21(47)22(48)38-42-9-8-41(28(42)54)30(26(52)53)10-40-23(49)16(24(40)57-30)36-20(46)15(14-18(32)56-27(33)37-14)39-55-29(25(50)51)4-1-5-29/h2-3,16,24,43-44H,1,4-10H2,(H2,33,37)(H,34,45)(H,35,47)(H,36,46)(H,38,48)(H,50,51)(H,52,53)/b39-15-/t16-,24-,30-/m1/s1. The molecule has 0 spiro atoms. The molecule has 4 aliphatic rings. The molecule has 4 fully saturated rings. The predicted molar refractivity (Wildman–Crippen MR) is 196 cm³/mol. The van der Waals surface area contributed by atoms with Crippen molar-refractivity contribution in [1.29, 1.82) is 0 Å². The SMILES string of the molecule is Nc1nc(/C(=N/OC2(C(=O)O)CCC2)C(=O)N[C@@H]2C(=O)N3C[C@@](C(=O)O)(N4CCN(NC(=O)C(=O)NCCNC(=O)c5ccc(O)c(O)c5Cl)C4=O)S[C@H]23)c(Cl)s1. The molecular formula is C30H30Cl2N10O13S2. The Labute approximate surface area is 337 Å². The second-order valence-corrected chi connectivity index (χ2v) is 16.1. The number of nitrogens with zero attached hydrogens (tertiary/aromatic N) is 5. The van der Waals surface area contributed by atoms with Crippen LogP contribution in [0.1, 0.15) is 35.3 Å². The first-order valence-electron chi connectivity index (χ1n) is 16.5. The van der Waals surface area contributed by atoms with Gasteiger partial charge in [-0.1, -0.05) is 51.5 Å². The second kappa shape index (κ2) is 15.6. The summed E-state index contributed by atoms with van der Waals surface area (Å²) >= 11 is 13.5. The lowest BCUT2D eigenvalue weighted by Gasteiger charge is -2.41. The van der Waals surface area contributed by atoms with Crippen LogP contribution in [-0.4, -0.2) is 148 Å². The number of phenols is 2. The van der Waals surface area contributed by atoms with Crippen molar-refractivity contribution in [1.82, 2.24) is 41.2 Å². The maximum atomic E-state index is 13.6. The fourth-order valence-electron chi connectivity index (χ4n) is 6.05. The Kier molecular flexibility index (Phi) is 11.2. The third kappa shape index (κ3) is 7.44. The van der Waals surface area contributed by atoms with Crippen LogP contribution in [0, 0.1) is 0 Å². The van der Waals surface area contributed by atoms with Gasteiger partial charge in [-0.2, -0.15) is 0 Å². The number of thiazole rings is 1. The molecule has 23 nitrogen and oxygen atoms in total. The number of phenolic OH excluding ortho intramolecular Hbond substituents is 2. The molecule has 7 amide bonds. The van der Waals surface area contributed by atoms with Gasteiger partial charge in [-0.3, -0.25) is 34.3 Å². The average molecular weight is 874 g/mol. The van der Waals surface area contributed by atoms with Crippen LogP contribution >= 0.6 is 46.3 Å². The third-order valence-corrected chi connectivity index (χ3v) is 12.4. The van der Waals surface area contributed by atoms with Crippen molar-refractivity contribution in [2.45, 2.75) is 41.2 Å². The molecular weight excluding hydrogens is 843 g/mol. The van der Waals surface area contributed by atoms with Crippen LogP contribution in [-0.2, 0) is 33.6 Å². The number of carboxylic acids is 2. The van der Waals surface area contributed by atoms with E-state index in [0.29, 0.717) is 23.2 Å². The maximum Gasteiger partial charge on any atom is 0.350 e. The van der Waals surface area contributed by atoms with Crippen LogP contribution in [0.5, 0.6) is 11.5 Å². The minimum absolute atomic E-state index is 0.0564. The number of hydrogen-bond acceptors (Lipinski definition) is 16. The summed E-state index contributed by atoms with van der Waals surface area (Å²) in [5, 5.41) is 49.3. The van der Waals surface area contributed by atoms with E-state index in [1.165, 1.54) is 0 Å². The number of anilines is 1. The molecule has 1 aromatic heterocycles. The molecule has 1 aromatic carbocycles. The van der Waals surface area contributed by atoms with Gasteiger partial charge in [0, 0.05) is 32.5 Å². The van der Waals surface area contributed by atoms with E-state index in [4.69, 9.17) is 33.8 Å². The molecule has 2 aromatic rings. The van der Waals surface area contributed by atoms with Crippen molar-refractivity contribution < 1.29 is 63.6 Å². The van der Waals surface area contributed by atoms with Gasteiger partial charge >= 0.3 is 29.8 Å². The van der Waals surface area contributed by atoms with Gasteiger partial charge in [0.1, 0.15) is 21.4 Å². The minimum Gasteiger partial charge on any atom is -0.504 e. The zero-order chi connectivity index (χ0) is 41.6. The van der Waals surface area contributed by atoms with Gasteiger partial charge in [0.05, 0.1) is 23.7 Å². The van der Waals surface area contributed by atoms with E-state index in [-0.39, 0.29) is 59.7 Å². The van der Waals surface area contributed by atoms with Crippen molar-refractivity contribution in [2.75, 3.05) is 38.5 Å². The summed E-state index contributed by atoms with van der Waals surface area (Å²) in [6.07, 6.45) is 0.747. The van der Waals surface area contributed by atoms with Gasteiger partial charge in [-0.15, -0.1) is 0 Å². The number of aromatic hydroxyl groups is 2. The lowest BCUT2D eigenvalue weighted by Crippen LogP contribution is -2.68. The Morgan fingerprint density at radius 3 is 2.32 bits per heavy atom. The number of hydrogen-bond donors (Lipinski definition) is 9. The van der Waals surface area contributed by atoms with Crippen molar-refractivity contribution in [3.05, 3.63) is 32.7 Å².